The van der Waals surface area contributed by atoms with Crippen molar-refractivity contribution in [3.05, 3.63) is 109 Å². The topological polar surface area (TPSA) is 25.8 Å². The first-order chi connectivity index (χ1) is 14.3. The first kappa shape index (κ1) is 17.3. The van der Waals surface area contributed by atoms with Crippen molar-refractivity contribution in [3.8, 4) is 33.5 Å². The van der Waals surface area contributed by atoms with Crippen molar-refractivity contribution in [1.82, 2.24) is 9.97 Å². The van der Waals surface area contributed by atoms with Crippen LogP contribution in [0, 0.1) is 6.92 Å². The molecular formula is C27H20N2. The van der Waals surface area contributed by atoms with Crippen molar-refractivity contribution in [1.29, 1.82) is 0 Å². The smallest absolute Gasteiger partial charge is 0.126 e. The Bertz CT molecular complexity index is 1280. The summed E-state index contributed by atoms with van der Waals surface area (Å²) in [7, 11) is 0. The van der Waals surface area contributed by atoms with Gasteiger partial charge in [-0.15, -0.1) is 0 Å². The van der Waals surface area contributed by atoms with Gasteiger partial charge < -0.3 is 0 Å². The van der Waals surface area contributed by atoms with Crippen molar-refractivity contribution in [2.75, 3.05) is 0 Å². The Morgan fingerprint density at radius 2 is 1.07 bits per heavy atom. The lowest BCUT2D eigenvalue weighted by molar-refractivity contribution is 1.10. The Labute approximate surface area is 170 Å². The monoisotopic (exact) mass is 372 g/mol. The SMILES string of the molecule is Cc1nc(-c2ccccc2)c2ccc(-c3ccccc3)c(-c3ccccc3)c2n1. The molecule has 0 atom stereocenters. The molecule has 5 rings (SSSR count). The Hall–Kier alpha value is -3.78. The minimum Gasteiger partial charge on any atom is -0.233 e. The maximum atomic E-state index is 4.91. The zero-order chi connectivity index (χ0) is 19.6. The quantitative estimate of drug-likeness (QED) is 0.343. The Morgan fingerprint density at radius 1 is 0.517 bits per heavy atom. The third kappa shape index (κ3) is 3.19. The Morgan fingerprint density at radius 3 is 1.69 bits per heavy atom. The number of aromatic nitrogens is 2. The summed E-state index contributed by atoms with van der Waals surface area (Å²) in [5.74, 6) is 0.777. The molecule has 0 amide bonds. The highest BCUT2D eigenvalue weighted by Crippen LogP contribution is 2.39. The molecule has 0 aliphatic carbocycles. The summed E-state index contributed by atoms with van der Waals surface area (Å²) in [5.41, 5.74) is 7.75. The predicted octanol–water partition coefficient (Wildman–Crippen LogP) is 6.94. The van der Waals surface area contributed by atoms with Crippen molar-refractivity contribution in [2.24, 2.45) is 0 Å². The van der Waals surface area contributed by atoms with Gasteiger partial charge >= 0.3 is 0 Å². The van der Waals surface area contributed by atoms with Crippen LogP contribution in [0.15, 0.2) is 103 Å². The summed E-state index contributed by atoms with van der Waals surface area (Å²) < 4.78 is 0. The van der Waals surface area contributed by atoms with Crippen LogP contribution < -0.4 is 0 Å². The summed E-state index contributed by atoms with van der Waals surface area (Å²) in [5, 5.41) is 1.07. The molecule has 2 nitrogen and oxygen atoms in total. The van der Waals surface area contributed by atoms with Crippen LogP contribution in [-0.4, -0.2) is 9.97 Å². The second-order valence-electron chi connectivity index (χ2n) is 7.10. The van der Waals surface area contributed by atoms with Gasteiger partial charge in [-0.25, -0.2) is 9.97 Å². The van der Waals surface area contributed by atoms with Gasteiger partial charge in [-0.3, -0.25) is 0 Å². The molecule has 0 aliphatic rings. The number of aryl methyl sites for hydroxylation is 1. The highest BCUT2D eigenvalue weighted by atomic mass is 14.9. The maximum Gasteiger partial charge on any atom is 0.126 e. The summed E-state index contributed by atoms with van der Waals surface area (Å²) in [4.78, 5) is 9.71. The number of nitrogens with zero attached hydrogens (tertiary/aromatic N) is 2. The van der Waals surface area contributed by atoms with Crippen LogP contribution in [-0.2, 0) is 0 Å². The van der Waals surface area contributed by atoms with E-state index in [-0.39, 0.29) is 0 Å². The van der Waals surface area contributed by atoms with E-state index in [1.807, 2.05) is 25.1 Å². The molecule has 0 radical (unpaired) electrons. The molecule has 0 saturated carbocycles. The fourth-order valence-corrected chi connectivity index (χ4v) is 3.88. The molecular weight excluding hydrogens is 352 g/mol. The molecule has 0 spiro atoms. The zero-order valence-corrected chi connectivity index (χ0v) is 16.2. The minimum atomic E-state index is 0.777. The van der Waals surface area contributed by atoms with Gasteiger partial charge in [-0.05, 0) is 29.7 Å². The zero-order valence-electron chi connectivity index (χ0n) is 16.2. The summed E-state index contributed by atoms with van der Waals surface area (Å²) in [6.45, 7) is 1.97. The Balaban J connectivity index is 1.90. The molecule has 0 N–H and O–H groups in total. The van der Waals surface area contributed by atoms with E-state index in [1.165, 1.54) is 11.1 Å². The lowest BCUT2D eigenvalue weighted by atomic mass is 9.91. The Kier molecular flexibility index (Phi) is 4.38. The van der Waals surface area contributed by atoms with Gasteiger partial charge in [0.15, 0.2) is 0 Å². The highest BCUT2D eigenvalue weighted by molar-refractivity contribution is 6.06. The lowest BCUT2D eigenvalue weighted by Crippen LogP contribution is -1.97. The highest BCUT2D eigenvalue weighted by Gasteiger charge is 2.17. The third-order valence-corrected chi connectivity index (χ3v) is 5.17. The van der Waals surface area contributed by atoms with Crippen molar-refractivity contribution in [2.45, 2.75) is 6.92 Å². The first-order valence-corrected chi connectivity index (χ1v) is 9.79. The van der Waals surface area contributed by atoms with E-state index in [9.17, 15) is 0 Å². The van der Waals surface area contributed by atoms with Gasteiger partial charge in [0.2, 0.25) is 0 Å². The molecule has 29 heavy (non-hydrogen) atoms. The molecule has 4 aromatic carbocycles. The maximum absolute atomic E-state index is 4.91. The summed E-state index contributed by atoms with van der Waals surface area (Å²) in [6, 6.07) is 35.7. The minimum absolute atomic E-state index is 0.777. The molecule has 0 unspecified atom stereocenters. The number of benzene rings is 4. The average molecular weight is 372 g/mol. The van der Waals surface area contributed by atoms with Gasteiger partial charge in [-0.2, -0.15) is 0 Å². The van der Waals surface area contributed by atoms with Gasteiger partial charge in [0, 0.05) is 16.5 Å². The van der Waals surface area contributed by atoms with Crippen LogP contribution in [0.2, 0.25) is 0 Å². The van der Waals surface area contributed by atoms with Crippen LogP contribution >= 0.6 is 0 Å². The predicted molar refractivity (Wildman–Crippen MR) is 121 cm³/mol. The number of rotatable bonds is 3. The second-order valence-corrected chi connectivity index (χ2v) is 7.10. The van der Waals surface area contributed by atoms with Crippen molar-refractivity contribution in [3.63, 3.8) is 0 Å². The molecule has 2 heteroatoms. The molecule has 0 bridgehead atoms. The third-order valence-electron chi connectivity index (χ3n) is 5.17. The number of hydrogen-bond donors (Lipinski definition) is 0. The fraction of sp³-hybridized carbons (Fsp3) is 0.0370. The second kappa shape index (κ2) is 7.33. The molecule has 138 valence electrons. The molecule has 0 fully saturated rings. The van der Waals surface area contributed by atoms with E-state index in [4.69, 9.17) is 9.97 Å². The molecule has 0 saturated heterocycles. The normalized spacial score (nSPS) is 10.9. The van der Waals surface area contributed by atoms with Crippen LogP contribution in [0.1, 0.15) is 5.82 Å². The van der Waals surface area contributed by atoms with Gasteiger partial charge in [0.05, 0.1) is 11.2 Å². The van der Waals surface area contributed by atoms with Gasteiger partial charge in [0.1, 0.15) is 5.82 Å². The van der Waals surface area contributed by atoms with E-state index >= 15 is 0 Å². The van der Waals surface area contributed by atoms with Gasteiger partial charge in [-0.1, -0.05) is 97.1 Å². The lowest BCUT2D eigenvalue weighted by Gasteiger charge is -2.16. The largest absolute Gasteiger partial charge is 0.233 e. The van der Waals surface area contributed by atoms with Crippen LogP contribution in [0.3, 0.4) is 0 Å². The van der Waals surface area contributed by atoms with Gasteiger partial charge in [0.25, 0.3) is 0 Å². The van der Waals surface area contributed by atoms with Crippen LogP contribution in [0.25, 0.3) is 44.4 Å². The van der Waals surface area contributed by atoms with Crippen LogP contribution in [0.4, 0.5) is 0 Å². The number of hydrogen-bond acceptors (Lipinski definition) is 2. The van der Waals surface area contributed by atoms with Crippen molar-refractivity contribution >= 4 is 10.9 Å². The molecule has 0 aliphatic heterocycles. The summed E-state index contributed by atoms with van der Waals surface area (Å²) in [6.07, 6.45) is 0. The molecule has 5 aromatic rings. The van der Waals surface area contributed by atoms with E-state index < -0.39 is 0 Å². The standard InChI is InChI=1S/C27H20N2/c1-19-28-26(22-15-9-4-10-16-22)24-18-17-23(20-11-5-2-6-12-20)25(27(24)29-19)21-13-7-3-8-14-21/h2-18H,1H3. The van der Waals surface area contributed by atoms with Crippen molar-refractivity contribution < 1.29 is 0 Å². The average Bonchev–Trinajstić information content (AvgIpc) is 2.79. The summed E-state index contributed by atoms with van der Waals surface area (Å²) >= 11 is 0. The van der Waals surface area contributed by atoms with E-state index in [1.54, 1.807) is 0 Å². The van der Waals surface area contributed by atoms with E-state index in [0.29, 0.717) is 0 Å². The molecule has 1 heterocycles. The number of fused-ring (bicyclic) bond motifs is 1. The first-order valence-electron chi connectivity index (χ1n) is 9.79. The van der Waals surface area contributed by atoms with E-state index in [2.05, 4.69) is 84.9 Å². The molecule has 1 aromatic heterocycles. The van der Waals surface area contributed by atoms with Crippen LogP contribution in [0.5, 0.6) is 0 Å². The van der Waals surface area contributed by atoms with E-state index in [0.717, 1.165) is 39.1 Å². The fourth-order valence-electron chi connectivity index (χ4n) is 3.88.